The minimum atomic E-state index is -0.286. The predicted molar refractivity (Wildman–Crippen MR) is 74.9 cm³/mol. The smallest absolute Gasteiger partial charge is 0.0595 e. The van der Waals surface area contributed by atoms with Crippen LogP contribution >= 0.6 is 23.2 Å². The number of hydrogen-bond acceptors (Lipinski definition) is 1. The number of halogens is 2. The molecule has 1 aromatic carbocycles. The summed E-state index contributed by atoms with van der Waals surface area (Å²) < 4.78 is 0. The summed E-state index contributed by atoms with van der Waals surface area (Å²) in [7, 11) is 0. The molecule has 0 aromatic heterocycles. The van der Waals surface area contributed by atoms with Crippen LogP contribution in [0, 0.1) is 5.92 Å². The van der Waals surface area contributed by atoms with Gasteiger partial charge in [-0.15, -0.1) is 0 Å². The van der Waals surface area contributed by atoms with Crippen LogP contribution in [0.3, 0.4) is 0 Å². The van der Waals surface area contributed by atoms with Gasteiger partial charge in [0.2, 0.25) is 0 Å². The average molecular weight is 275 g/mol. The summed E-state index contributed by atoms with van der Waals surface area (Å²) in [5.74, 6) is 0.701. The monoisotopic (exact) mass is 274 g/mol. The Balaban J connectivity index is 2.39. The minimum Gasteiger partial charge on any atom is -0.393 e. The highest BCUT2D eigenvalue weighted by Gasteiger charge is 2.07. The van der Waals surface area contributed by atoms with Gasteiger partial charge in [0.1, 0.15) is 0 Å². The lowest BCUT2D eigenvalue weighted by atomic mass is 10.0. The van der Waals surface area contributed by atoms with Gasteiger partial charge < -0.3 is 5.11 Å². The van der Waals surface area contributed by atoms with E-state index < -0.39 is 0 Å². The lowest BCUT2D eigenvalue weighted by Crippen LogP contribution is -2.10. The van der Waals surface area contributed by atoms with E-state index in [1.165, 1.54) is 6.42 Å². The highest BCUT2D eigenvalue weighted by atomic mass is 35.5. The zero-order valence-electron chi connectivity index (χ0n) is 10.4. The van der Waals surface area contributed by atoms with E-state index in [-0.39, 0.29) is 6.10 Å². The Morgan fingerprint density at radius 2 is 1.82 bits per heavy atom. The zero-order valence-corrected chi connectivity index (χ0v) is 11.9. The Morgan fingerprint density at radius 1 is 1.12 bits per heavy atom. The number of rotatable bonds is 6. The summed E-state index contributed by atoms with van der Waals surface area (Å²) in [6.07, 6.45) is 3.44. The van der Waals surface area contributed by atoms with Crippen LogP contribution in [-0.2, 0) is 6.42 Å². The molecule has 1 unspecified atom stereocenters. The molecule has 1 nitrogen and oxygen atoms in total. The van der Waals surface area contributed by atoms with E-state index in [1.807, 2.05) is 12.1 Å². The third kappa shape index (κ3) is 5.76. The SMILES string of the molecule is CC(C)CCCC(O)Cc1ccc(Cl)c(Cl)c1. The van der Waals surface area contributed by atoms with Crippen molar-refractivity contribution >= 4 is 23.2 Å². The molecule has 0 fully saturated rings. The van der Waals surface area contributed by atoms with E-state index in [0.29, 0.717) is 22.4 Å². The average Bonchev–Trinajstić information content (AvgIpc) is 2.23. The van der Waals surface area contributed by atoms with Crippen molar-refractivity contribution in [2.45, 2.75) is 45.6 Å². The highest BCUT2D eigenvalue weighted by molar-refractivity contribution is 6.42. The molecular weight excluding hydrogens is 255 g/mol. The summed E-state index contributed by atoms with van der Waals surface area (Å²) in [6, 6.07) is 5.52. The second-order valence-electron chi connectivity index (χ2n) is 4.93. The van der Waals surface area contributed by atoms with E-state index in [4.69, 9.17) is 23.2 Å². The highest BCUT2D eigenvalue weighted by Crippen LogP contribution is 2.23. The molecule has 0 aliphatic heterocycles. The van der Waals surface area contributed by atoms with Crippen LogP contribution in [0.2, 0.25) is 10.0 Å². The summed E-state index contributed by atoms with van der Waals surface area (Å²) >= 11 is 11.8. The van der Waals surface area contributed by atoms with E-state index in [2.05, 4.69) is 13.8 Å². The van der Waals surface area contributed by atoms with E-state index >= 15 is 0 Å². The Labute approximate surface area is 114 Å². The largest absolute Gasteiger partial charge is 0.393 e. The van der Waals surface area contributed by atoms with Gasteiger partial charge >= 0.3 is 0 Å². The van der Waals surface area contributed by atoms with Gasteiger partial charge in [0.05, 0.1) is 16.1 Å². The van der Waals surface area contributed by atoms with Crippen molar-refractivity contribution in [2.75, 3.05) is 0 Å². The zero-order chi connectivity index (χ0) is 12.8. The first-order chi connectivity index (χ1) is 7.99. The summed E-state index contributed by atoms with van der Waals surface area (Å²) in [6.45, 7) is 4.40. The Morgan fingerprint density at radius 3 is 2.41 bits per heavy atom. The van der Waals surface area contributed by atoms with Gasteiger partial charge in [-0.25, -0.2) is 0 Å². The number of hydrogen-bond donors (Lipinski definition) is 1. The molecule has 96 valence electrons. The van der Waals surface area contributed by atoms with Crippen molar-refractivity contribution in [3.63, 3.8) is 0 Å². The molecule has 0 aliphatic rings. The Kier molecular flexibility index (Phi) is 6.32. The summed E-state index contributed by atoms with van der Waals surface area (Å²) in [5, 5.41) is 11.0. The van der Waals surface area contributed by atoms with Crippen LogP contribution in [-0.4, -0.2) is 11.2 Å². The Hall–Kier alpha value is -0.240. The minimum absolute atomic E-state index is 0.286. The van der Waals surface area contributed by atoms with Crippen molar-refractivity contribution < 1.29 is 5.11 Å². The maximum Gasteiger partial charge on any atom is 0.0595 e. The van der Waals surface area contributed by atoms with Gasteiger partial charge in [0, 0.05) is 0 Å². The molecule has 1 N–H and O–H groups in total. The van der Waals surface area contributed by atoms with Gasteiger partial charge in [0.15, 0.2) is 0 Å². The van der Waals surface area contributed by atoms with Gasteiger partial charge in [-0.3, -0.25) is 0 Å². The fourth-order valence-corrected chi connectivity index (χ4v) is 2.12. The third-order valence-corrected chi connectivity index (χ3v) is 3.51. The van der Waals surface area contributed by atoms with Crippen molar-refractivity contribution in [1.29, 1.82) is 0 Å². The maximum atomic E-state index is 9.90. The fraction of sp³-hybridized carbons (Fsp3) is 0.571. The van der Waals surface area contributed by atoms with E-state index in [0.717, 1.165) is 18.4 Å². The second kappa shape index (κ2) is 7.25. The predicted octanol–water partition coefficient (Wildman–Crippen LogP) is 4.72. The van der Waals surface area contributed by atoms with Crippen molar-refractivity contribution in [2.24, 2.45) is 5.92 Å². The molecule has 0 saturated heterocycles. The molecule has 3 heteroatoms. The molecular formula is C14H20Cl2O. The first-order valence-electron chi connectivity index (χ1n) is 6.11. The number of aliphatic hydroxyl groups is 1. The molecule has 1 aromatic rings. The molecule has 0 heterocycles. The molecule has 0 spiro atoms. The van der Waals surface area contributed by atoms with Gasteiger partial charge in [-0.05, 0) is 36.5 Å². The van der Waals surface area contributed by atoms with Gasteiger partial charge in [-0.2, -0.15) is 0 Å². The van der Waals surface area contributed by atoms with Crippen LogP contribution in [0.1, 0.15) is 38.7 Å². The molecule has 0 aliphatic carbocycles. The molecule has 0 radical (unpaired) electrons. The molecule has 1 atom stereocenters. The van der Waals surface area contributed by atoms with Crippen molar-refractivity contribution in [3.05, 3.63) is 33.8 Å². The van der Waals surface area contributed by atoms with Crippen LogP contribution in [0.25, 0.3) is 0 Å². The van der Waals surface area contributed by atoms with E-state index in [1.54, 1.807) is 6.07 Å². The van der Waals surface area contributed by atoms with Crippen molar-refractivity contribution in [3.8, 4) is 0 Å². The third-order valence-electron chi connectivity index (χ3n) is 2.77. The van der Waals surface area contributed by atoms with Crippen LogP contribution in [0.15, 0.2) is 18.2 Å². The molecule has 1 rings (SSSR count). The summed E-state index contributed by atoms with van der Waals surface area (Å²) in [5.41, 5.74) is 1.04. The Bertz CT molecular complexity index is 350. The molecule has 17 heavy (non-hydrogen) atoms. The molecule has 0 bridgehead atoms. The van der Waals surface area contributed by atoms with E-state index in [9.17, 15) is 5.11 Å². The fourth-order valence-electron chi connectivity index (χ4n) is 1.80. The quantitative estimate of drug-likeness (QED) is 0.796. The molecule has 0 amide bonds. The van der Waals surface area contributed by atoms with Crippen LogP contribution in [0.5, 0.6) is 0 Å². The first kappa shape index (κ1) is 14.8. The molecule has 0 saturated carbocycles. The number of benzene rings is 1. The maximum absolute atomic E-state index is 9.90. The second-order valence-corrected chi connectivity index (χ2v) is 5.75. The topological polar surface area (TPSA) is 20.2 Å². The van der Waals surface area contributed by atoms with Crippen molar-refractivity contribution in [1.82, 2.24) is 0 Å². The van der Waals surface area contributed by atoms with Gasteiger partial charge in [-0.1, -0.05) is 56.0 Å². The van der Waals surface area contributed by atoms with Crippen LogP contribution in [0.4, 0.5) is 0 Å². The summed E-state index contributed by atoms with van der Waals surface area (Å²) in [4.78, 5) is 0. The van der Waals surface area contributed by atoms with Gasteiger partial charge in [0.25, 0.3) is 0 Å². The lowest BCUT2D eigenvalue weighted by Gasteiger charge is -2.12. The number of aliphatic hydroxyl groups excluding tert-OH is 1. The normalized spacial score (nSPS) is 13.1. The standard InChI is InChI=1S/C14H20Cl2O/c1-10(2)4-3-5-12(17)8-11-6-7-13(15)14(16)9-11/h6-7,9-10,12,17H,3-5,8H2,1-2H3. The lowest BCUT2D eigenvalue weighted by molar-refractivity contribution is 0.159. The van der Waals surface area contributed by atoms with Crippen LogP contribution < -0.4 is 0 Å². The first-order valence-corrected chi connectivity index (χ1v) is 6.86.